The predicted octanol–water partition coefficient (Wildman–Crippen LogP) is 4.02. The van der Waals surface area contributed by atoms with Crippen LogP contribution in [0.15, 0.2) is 30.5 Å². The van der Waals surface area contributed by atoms with Crippen LogP contribution in [0.4, 0.5) is 0 Å². The van der Waals surface area contributed by atoms with Crippen LogP contribution in [-0.4, -0.2) is 76.8 Å². The van der Waals surface area contributed by atoms with Gasteiger partial charge in [0, 0.05) is 47.8 Å². The van der Waals surface area contributed by atoms with E-state index in [2.05, 4.69) is 22.3 Å². The zero-order valence-corrected chi connectivity index (χ0v) is 23.4. The first-order valence-electron chi connectivity index (χ1n) is 13.6. The summed E-state index contributed by atoms with van der Waals surface area (Å²) in [4.78, 5) is 46.3. The van der Waals surface area contributed by atoms with E-state index in [9.17, 15) is 23.5 Å². The third-order valence-corrected chi connectivity index (χ3v) is 10.9. The summed E-state index contributed by atoms with van der Waals surface area (Å²) in [5, 5.41) is 3.80. The number of hydrogen-bond acceptors (Lipinski definition) is 7. The van der Waals surface area contributed by atoms with Gasteiger partial charge in [0.05, 0.1) is 28.3 Å². The van der Waals surface area contributed by atoms with Crippen LogP contribution >= 0.6 is 22.2 Å². The number of rotatable bonds is 5. The number of imide groups is 1. The van der Waals surface area contributed by atoms with E-state index in [0.29, 0.717) is 38.9 Å². The van der Waals surface area contributed by atoms with Gasteiger partial charge in [0.25, 0.3) is 5.91 Å². The summed E-state index contributed by atoms with van der Waals surface area (Å²) in [5.74, 6) is -0.409. The fourth-order valence-corrected chi connectivity index (χ4v) is 8.25. The Bertz CT molecular complexity index is 1570. The Morgan fingerprint density at radius 2 is 1.82 bits per heavy atom. The van der Waals surface area contributed by atoms with Gasteiger partial charge in [0.1, 0.15) is 11.7 Å². The Morgan fingerprint density at radius 1 is 1.07 bits per heavy atom. The fourth-order valence-electron chi connectivity index (χ4n) is 6.47. The lowest BCUT2D eigenvalue weighted by atomic mass is 10.0. The molecule has 0 bridgehead atoms. The highest BCUT2D eigenvalue weighted by atomic mass is 35.5. The maximum atomic E-state index is 13.3. The van der Waals surface area contributed by atoms with Gasteiger partial charge < -0.3 is 9.47 Å². The van der Waals surface area contributed by atoms with Gasteiger partial charge in [0.15, 0.2) is 0 Å². The molecule has 40 heavy (non-hydrogen) atoms. The van der Waals surface area contributed by atoms with Crippen LogP contribution in [0.25, 0.3) is 22.3 Å². The average molecular weight is 584 g/mol. The van der Waals surface area contributed by atoms with Crippen LogP contribution in [0.2, 0.25) is 5.02 Å². The lowest BCUT2D eigenvalue weighted by Gasteiger charge is -2.47. The molecule has 3 N–H and O–H groups in total. The predicted molar refractivity (Wildman–Crippen MR) is 152 cm³/mol. The molecule has 0 aliphatic carbocycles. The molecule has 7 rings (SSSR count). The van der Waals surface area contributed by atoms with Crippen molar-refractivity contribution in [1.82, 2.24) is 24.7 Å². The molecule has 1 unspecified atom stereocenters. The quantitative estimate of drug-likeness (QED) is 0.387. The molecule has 6 heterocycles. The third kappa shape index (κ3) is 4.31. The molecule has 10 nitrogen and oxygen atoms in total. The van der Waals surface area contributed by atoms with E-state index in [-0.39, 0.29) is 37.2 Å². The number of carbonyl (C=O) groups is 3. The first-order chi connectivity index (χ1) is 19.2. The first-order valence-corrected chi connectivity index (χ1v) is 15.9. The Morgan fingerprint density at radius 3 is 2.55 bits per heavy atom. The zero-order valence-electron chi connectivity index (χ0n) is 21.8. The Balaban J connectivity index is 1.28. The fraction of sp³-hybridized carbons (Fsp3) is 0.429. The van der Waals surface area contributed by atoms with Crippen molar-refractivity contribution < 1.29 is 23.5 Å². The molecule has 12 heteroatoms. The average Bonchev–Trinajstić information content (AvgIpc) is 3.63. The number of nitrogens with one attached hydrogen (secondary N) is 1. The maximum absolute atomic E-state index is 13.3. The topological polar surface area (TPSA) is 128 Å². The number of likely N-dealkylation sites (tertiary alicyclic amines) is 1. The summed E-state index contributed by atoms with van der Waals surface area (Å²) < 4.78 is 22.1. The molecule has 1 aromatic carbocycles. The number of halogens is 1. The Labute approximate surface area is 237 Å². The number of aromatic nitrogens is 2. The number of pyridine rings is 1. The molecule has 4 aliphatic rings. The van der Waals surface area contributed by atoms with Crippen LogP contribution < -0.4 is 5.32 Å². The second-order valence-electron chi connectivity index (χ2n) is 11.3. The highest BCUT2D eigenvalue weighted by molar-refractivity contribution is 8.25. The number of nitrogens with zero attached hydrogens (tertiary/aromatic N) is 4. The molecule has 3 saturated heterocycles. The molecular weight excluding hydrogens is 554 g/mol. The molecule has 3 fully saturated rings. The lowest BCUT2D eigenvalue weighted by molar-refractivity contribution is -0.136. The molecule has 1 atom stereocenters. The van der Waals surface area contributed by atoms with Gasteiger partial charge in [-0.25, -0.2) is 4.98 Å². The van der Waals surface area contributed by atoms with Crippen LogP contribution in [0, 0.1) is 0 Å². The molecule has 0 spiro atoms. The van der Waals surface area contributed by atoms with Crippen LogP contribution in [0.1, 0.15) is 53.2 Å². The minimum Gasteiger partial charge on any atom is -0.326 e. The lowest BCUT2D eigenvalue weighted by Crippen LogP contribution is -2.52. The standard InChI is InChI=1S/C28H30ClN5O5S/c29-25-20(4-3-19-21(25)13-34(28(19)37)23-5-6-24(35)31-27(23)36)22-11-16(12-32-8-1-2-9-32)18-7-10-33(26(18)30-22)17-14-40(38,39)15-17/h3-4,7,10-11,17,23,38-39H,1-2,5-6,8-9,12-15H2,(H,31,35,36). The van der Waals surface area contributed by atoms with E-state index in [0.717, 1.165) is 36.2 Å². The molecule has 2 aromatic heterocycles. The number of piperidine rings is 1. The highest BCUT2D eigenvalue weighted by Crippen LogP contribution is 2.54. The van der Waals surface area contributed by atoms with Gasteiger partial charge in [-0.1, -0.05) is 17.7 Å². The van der Waals surface area contributed by atoms with Crippen molar-refractivity contribution in [3.8, 4) is 11.3 Å². The minimum absolute atomic E-state index is 0.0277. The SMILES string of the molecule is O=C1CCC(N2Cc3c(ccc(-c4cc(CN5CCCC5)c5ccn(C6CS(O)(O)C6)c5n4)c3Cl)C2=O)C(=O)N1. The summed E-state index contributed by atoms with van der Waals surface area (Å²) in [5.41, 5.74) is 4.41. The number of fused-ring (bicyclic) bond motifs is 2. The second kappa shape index (κ2) is 9.56. The number of benzene rings is 1. The largest absolute Gasteiger partial charge is 0.326 e. The zero-order chi connectivity index (χ0) is 27.8. The van der Waals surface area contributed by atoms with E-state index in [1.165, 1.54) is 17.7 Å². The molecule has 4 aliphatic heterocycles. The van der Waals surface area contributed by atoms with E-state index >= 15 is 0 Å². The molecule has 210 valence electrons. The smallest absolute Gasteiger partial charge is 0.255 e. The molecule has 0 radical (unpaired) electrons. The van der Waals surface area contributed by atoms with E-state index in [4.69, 9.17) is 16.6 Å². The van der Waals surface area contributed by atoms with E-state index in [1.807, 2.05) is 16.8 Å². The summed E-state index contributed by atoms with van der Waals surface area (Å²) in [6.45, 7) is 3.05. The van der Waals surface area contributed by atoms with Gasteiger partial charge in [-0.15, -0.1) is 0 Å². The van der Waals surface area contributed by atoms with Crippen molar-refractivity contribution in [3.05, 3.63) is 52.2 Å². The summed E-state index contributed by atoms with van der Waals surface area (Å²) in [6.07, 6.45) is 4.81. The number of amides is 3. The van der Waals surface area contributed by atoms with Gasteiger partial charge in [-0.2, -0.15) is 10.6 Å². The first kappa shape index (κ1) is 26.0. The van der Waals surface area contributed by atoms with Crippen LogP contribution in [0.5, 0.6) is 0 Å². The van der Waals surface area contributed by atoms with Crippen molar-refractivity contribution in [1.29, 1.82) is 0 Å². The minimum atomic E-state index is -2.52. The second-order valence-corrected chi connectivity index (χ2v) is 13.9. The molecule has 0 saturated carbocycles. The summed E-state index contributed by atoms with van der Waals surface area (Å²) in [7, 11) is -2.52. The Kier molecular flexibility index (Phi) is 6.21. The molecule has 3 amide bonds. The molecule has 3 aromatic rings. The van der Waals surface area contributed by atoms with Gasteiger partial charge in [-0.05, 0) is 56.1 Å². The van der Waals surface area contributed by atoms with Gasteiger partial charge in [0.2, 0.25) is 11.8 Å². The van der Waals surface area contributed by atoms with E-state index < -0.39 is 22.5 Å². The van der Waals surface area contributed by atoms with Crippen molar-refractivity contribution >= 4 is 50.9 Å². The van der Waals surface area contributed by atoms with Crippen molar-refractivity contribution in [2.75, 3.05) is 24.6 Å². The third-order valence-electron chi connectivity index (χ3n) is 8.60. The normalized spacial score (nSPS) is 23.9. The summed E-state index contributed by atoms with van der Waals surface area (Å²) >= 11 is 6.99. The summed E-state index contributed by atoms with van der Waals surface area (Å²) in [6, 6.07) is 6.95. The van der Waals surface area contributed by atoms with Crippen molar-refractivity contribution in [2.45, 2.75) is 50.9 Å². The van der Waals surface area contributed by atoms with Crippen molar-refractivity contribution in [3.63, 3.8) is 0 Å². The van der Waals surface area contributed by atoms with Crippen LogP contribution in [0.3, 0.4) is 0 Å². The highest BCUT2D eigenvalue weighted by Gasteiger charge is 2.40. The Hall–Kier alpha value is -2.96. The monoisotopic (exact) mass is 583 g/mol. The van der Waals surface area contributed by atoms with Gasteiger partial charge >= 0.3 is 0 Å². The van der Waals surface area contributed by atoms with Crippen molar-refractivity contribution in [2.24, 2.45) is 0 Å². The maximum Gasteiger partial charge on any atom is 0.255 e. The van der Waals surface area contributed by atoms with E-state index in [1.54, 1.807) is 6.07 Å². The number of carbonyl (C=O) groups excluding carboxylic acids is 3. The van der Waals surface area contributed by atoms with Gasteiger partial charge in [-0.3, -0.25) is 33.7 Å². The molecular formula is C28H30ClN5O5S. The van der Waals surface area contributed by atoms with Crippen LogP contribution in [-0.2, 0) is 22.7 Å². The number of hydrogen-bond donors (Lipinski definition) is 3.